The number of rotatable bonds is 2. The maximum atomic E-state index is 11.2. The average Bonchev–Trinajstić information content (AvgIpc) is 2.07. The Hall–Kier alpha value is -1.84. The molecule has 4 nitrogen and oxygen atoms in total. The number of nitrogens with two attached hydrogens (primary N) is 1. The van der Waals surface area contributed by atoms with Crippen molar-refractivity contribution in [2.75, 3.05) is 11.1 Å². The number of aromatic nitrogens is 1. The smallest absolute Gasteiger partial charge is 0.249 e. The summed E-state index contributed by atoms with van der Waals surface area (Å²) in [5, 5.41) is 2.62. The second-order valence-corrected chi connectivity index (χ2v) is 3.19. The number of anilines is 2. The van der Waals surface area contributed by atoms with E-state index in [2.05, 4.69) is 10.3 Å². The zero-order chi connectivity index (χ0) is 10.6. The first-order chi connectivity index (χ1) is 6.58. The summed E-state index contributed by atoms with van der Waals surface area (Å²) in [6, 6.07) is 3.34. The molecule has 1 aromatic heterocycles. The number of allylic oxidation sites excluding steroid dienone is 1. The Morgan fingerprint density at radius 2 is 2.21 bits per heavy atom. The highest BCUT2D eigenvalue weighted by atomic mass is 16.1. The van der Waals surface area contributed by atoms with Crippen molar-refractivity contribution in [3.63, 3.8) is 0 Å². The van der Waals surface area contributed by atoms with Gasteiger partial charge in [0.1, 0.15) is 5.82 Å². The number of hydrogen-bond acceptors (Lipinski definition) is 3. The van der Waals surface area contributed by atoms with E-state index in [-0.39, 0.29) is 5.91 Å². The topological polar surface area (TPSA) is 68.0 Å². The molecule has 0 aliphatic rings. The number of hydrogen-bond donors (Lipinski definition) is 2. The summed E-state index contributed by atoms with van der Waals surface area (Å²) in [6.07, 6.45) is 3.01. The first-order valence-corrected chi connectivity index (χ1v) is 4.25. The van der Waals surface area contributed by atoms with Crippen LogP contribution < -0.4 is 11.1 Å². The summed E-state index contributed by atoms with van der Waals surface area (Å²) < 4.78 is 0. The summed E-state index contributed by atoms with van der Waals surface area (Å²) in [5.41, 5.74) is 6.97. The van der Waals surface area contributed by atoms with Crippen molar-refractivity contribution >= 4 is 17.4 Å². The number of carbonyl (C=O) groups is 1. The fourth-order valence-electron chi connectivity index (χ4n) is 0.904. The first kappa shape index (κ1) is 10.2. The number of carbonyl (C=O) groups excluding carboxylic acids is 1. The van der Waals surface area contributed by atoms with Gasteiger partial charge in [0.15, 0.2) is 0 Å². The van der Waals surface area contributed by atoms with Gasteiger partial charge in [0.05, 0.1) is 11.9 Å². The van der Waals surface area contributed by atoms with Crippen molar-refractivity contribution in [1.29, 1.82) is 0 Å². The molecule has 14 heavy (non-hydrogen) atoms. The van der Waals surface area contributed by atoms with Crippen molar-refractivity contribution in [2.24, 2.45) is 0 Å². The predicted octanol–water partition coefficient (Wildman–Crippen LogP) is 1.57. The normalized spacial score (nSPS) is 9.29. The molecule has 0 spiro atoms. The zero-order valence-electron chi connectivity index (χ0n) is 8.24. The summed E-state index contributed by atoms with van der Waals surface area (Å²) in [5.74, 6) is 0.323. The molecular weight excluding hydrogens is 178 g/mol. The lowest BCUT2D eigenvalue weighted by Crippen LogP contribution is -2.09. The molecule has 0 radical (unpaired) electrons. The summed E-state index contributed by atoms with van der Waals surface area (Å²) in [7, 11) is 0. The van der Waals surface area contributed by atoms with E-state index in [1.807, 2.05) is 13.8 Å². The van der Waals surface area contributed by atoms with E-state index >= 15 is 0 Å². The van der Waals surface area contributed by atoms with Gasteiger partial charge in [-0.25, -0.2) is 4.98 Å². The van der Waals surface area contributed by atoms with Crippen LogP contribution in [-0.4, -0.2) is 10.9 Å². The van der Waals surface area contributed by atoms with Crippen LogP contribution in [0.1, 0.15) is 13.8 Å². The van der Waals surface area contributed by atoms with Crippen molar-refractivity contribution < 1.29 is 4.79 Å². The summed E-state index contributed by atoms with van der Waals surface area (Å²) in [6.45, 7) is 3.71. The Morgan fingerprint density at radius 1 is 1.50 bits per heavy atom. The minimum Gasteiger partial charge on any atom is -0.397 e. The lowest BCUT2D eigenvalue weighted by molar-refractivity contribution is -0.112. The molecular formula is C10H13N3O. The van der Waals surface area contributed by atoms with Crippen LogP contribution in [0.25, 0.3) is 0 Å². The van der Waals surface area contributed by atoms with Gasteiger partial charge in [-0.3, -0.25) is 4.79 Å². The molecule has 0 saturated carbocycles. The van der Waals surface area contributed by atoms with Crippen LogP contribution in [0.15, 0.2) is 30.0 Å². The molecule has 0 aliphatic carbocycles. The quantitative estimate of drug-likeness (QED) is 0.697. The second-order valence-electron chi connectivity index (χ2n) is 3.19. The SMILES string of the molecule is CC(C)=CC(=O)Nc1ccc(N)cn1. The van der Waals surface area contributed by atoms with Gasteiger partial charge in [-0.1, -0.05) is 5.57 Å². The van der Waals surface area contributed by atoms with E-state index in [0.717, 1.165) is 5.57 Å². The van der Waals surface area contributed by atoms with E-state index in [1.165, 1.54) is 12.3 Å². The number of amides is 1. The molecule has 0 atom stereocenters. The highest BCUT2D eigenvalue weighted by molar-refractivity contribution is 5.99. The van der Waals surface area contributed by atoms with Gasteiger partial charge in [0.25, 0.3) is 0 Å². The van der Waals surface area contributed by atoms with Gasteiger partial charge in [0, 0.05) is 6.08 Å². The van der Waals surface area contributed by atoms with Gasteiger partial charge < -0.3 is 11.1 Å². The van der Waals surface area contributed by atoms with Crippen molar-refractivity contribution in [3.05, 3.63) is 30.0 Å². The van der Waals surface area contributed by atoms with Crippen molar-refractivity contribution in [3.8, 4) is 0 Å². The average molecular weight is 191 g/mol. The van der Waals surface area contributed by atoms with E-state index in [4.69, 9.17) is 5.73 Å². The predicted molar refractivity (Wildman–Crippen MR) is 56.7 cm³/mol. The number of nitrogen functional groups attached to an aromatic ring is 1. The Kier molecular flexibility index (Phi) is 3.23. The molecule has 0 fully saturated rings. The first-order valence-electron chi connectivity index (χ1n) is 4.25. The molecule has 0 unspecified atom stereocenters. The summed E-state index contributed by atoms with van der Waals surface area (Å²) >= 11 is 0. The largest absolute Gasteiger partial charge is 0.397 e. The van der Waals surface area contributed by atoms with E-state index in [1.54, 1.807) is 12.1 Å². The van der Waals surface area contributed by atoms with Crippen LogP contribution in [0, 0.1) is 0 Å². The Bertz CT molecular complexity index is 350. The summed E-state index contributed by atoms with van der Waals surface area (Å²) in [4.78, 5) is 15.2. The fourth-order valence-corrected chi connectivity index (χ4v) is 0.904. The maximum absolute atomic E-state index is 11.2. The second kappa shape index (κ2) is 4.41. The van der Waals surface area contributed by atoms with Crippen LogP contribution >= 0.6 is 0 Å². The van der Waals surface area contributed by atoms with Crippen molar-refractivity contribution in [2.45, 2.75) is 13.8 Å². The third-order valence-corrected chi connectivity index (χ3v) is 1.46. The lowest BCUT2D eigenvalue weighted by atomic mass is 10.3. The lowest BCUT2D eigenvalue weighted by Gasteiger charge is -2.01. The van der Waals surface area contributed by atoms with E-state index in [9.17, 15) is 4.79 Å². The molecule has 0 aromatic carbocycles. The number of nitrogens with zero attached hydrogens (tertiary/aromatic N) is 1. The molecule has 1 rings (SSSR count). The standard InChI is InChI=1S/C10H13N3O/c1-7(2)5-10(14)13-9-4-3-8(11)6-12-9/h3-6H,11H2,1-2H3,(H,12,13,14). The van der Waals surface area contributed by atoms with Crippen LogP contribution in [0.4, 0.5) is 11.5 Å². The van der Waals surface area contributed by atoms with Crippen LogP contribution in [-0.2, 0) is 4.79 Å². The fraction of sp³-hybridized carbons (Fsp3) is 0.200. The maximum Gasteiger partial charge on any atom is 0.249 e. The third kappa shape index (κ3) is 3.26. The minimum absolute atomic E-state index is 0.178. The third-order valence-electron chi connectivity index (χ3n) is 1.46. The molecule has 0 aliphatic heterocycles. The minimum atomic E-state index is -0.178. The molecule has 1 heterocycles. The molecule has 74 valence electrons. The molecule has 0 bridgehead atoms. The Morgan fingerprint density at radius 3 is 2.71 bits per heavy atom. The van der Waals surface area contributed by atoms with Gasteiger partial charge in [-0.2, -0.15) is 0 Å². The Labute approximate surface area is 82.8 Å². The van der Waals surface area contributed by atoms with E-state index < -0.39 is 0 Å². The van der Waals surface area contributed by atoms with Crippen LogP contribution in [0.3, 0.4) is 0 Å². The Balaban J connectivity index is 2.66. The van der Waals surface area contributed by atoms with E-state index in [0.29, 0.717) is 11.5 Å². The van der Waals surface area contributed by atoms with Gasteiger partial charge in [-0.05, 0) is 26.0 Å². The molecule has 0 saturated heterocycles. The highest BCUT2D eigenvalue weighted by Gasteiger charge is 1.98. The monoisotopic (exact) mass is 191 g/mol. The molecule has 4 heteroatoms. The molecule has 1 amide bonds. The number of pyridine rings is 1. The van der Waals surface area contributed by atoms with Crippen LogP contribution in [0.2, 0.25) is 0 Å². The molecule has 1 aromatic rings. The number of nitrogens with one attached hydrogen (secondary N) is 1. The zero-order valence-corrected chi connectivity index (χ0v) is 8.24. The van der Waals surface area contributed by atoms with Gasteiger partial charge >= 0.3 is 0 Å². The molecule has 3 N–H and O–H groups in total. The van der Waals surface area contributed by atoms with Crippen LogP contribution in [0.5, 0.6) is 0 Å². The highest BCUT2D eigenvalue weighted by Crippen LogP contribution is 2.05. The van der Waals surface area contributed by atoms with Gasteiger partial charge in [0.2, 0.25) is 5.91 Å². The van der Waals surface area contributed by atoms with Crippen molar-refractivity contribution in [1.82, 2.24) is 4.98 Å². The van der Waals surface area contributed by atoms with Gasteiger partial charge in [-0.15, -0.1) is 0 Å².